The van der Waals surface area contributed by atoms with Crippen molar-refractivity contribution in [2.75, 3.05) is 6.61 Å². The molecule has 0 bridgehead atoms. The fourth-order valence-electron chi connectivity index (χ4n) is 3.20. The van der Waals surface area contributed by atoms with Gasteiger partial charge in [-0.2, -0.15) is 0 Å². The molecule has 28 heavy (non-hydrogen) atoms. The van der Waals surface area contributed by atoms with Gasteiger partial charge in [-0.15, -0.1) is 0 Å². The maximum Gasteiger partial charge on any atom is 0.229 e. The molecule has 7 heteroatoms. The molecule has 1 aliphatic heterocycles. The molecule has 1 fully saturated rings. The highest BCUT2D eigenvalue weighted by molar-refractivity contribution is 5.42. The number of ether oxygens (including phenoxy) is 2. The summed E-state index contributed by atoms with van der Waals surface area (Å²) in [6, 6.07) is 10.3. The zero-order valence-corrected chi connectivity index (χ0v) is 15.6. The summed E-state index contributed by atoms with van der Waals surface area (Å²) in [6.45, 7) is 1.23. The molecule has 3 rings (SSSR count). The van der Waals surface area contributed by atoms with Crippen molar-refractivity contribution in [1.82, 2.24) is 0 Å². The normalized spacial score (nSPS) is 24.9. The summed E-state index contributed by atoms with van der Waals surface area (Å²) in [6.07, 6.45) is -4.15. The smallest absolute Gasteiger partial charge is 0.229 e. The summed E-state index contributed by atoms with van der Waals surface area (Å²) in [5.74, 6) is -0.439. The van der Waals surface area contributed by atoms with Gasteiger partial charge >= 0.3 is 0 Å². The standard InChI is InChI=1S/C21H25FO6/c1-12-2-4-13(5-3-12)6-16-17(22)7-14(10-23)8-19(16)28-21-20(26)18(25)9-15(11-24)27-21/h2-5,7-8,15,18,20-21,23-26H,6,9-11H2,1H3/t15-,18-,20+,21-/m0/s1. The van der Waals surface area contributed by atoms with E-state index in [-0.39, 0.29) is 37.4 Å². The van der Waals surface area contributed by atoms with Crippen LogP contribution in [0.3, 0.4) is 0 Å². The third-order valence-electron chi connectivity index (χ3n) is 4.85. The van der Waals surface area contributed by atoms with E-state index >= 15 is 0 Å². The molecule has 1 heterocycles. The molecule has 0 radical (unpaired) electrons. The van der Waals surface area contributed by atoms with Gasteiger partial charge in [-0.05, 0) is 30.2 Å². The van der Waals surface area contributed by atoms with Crippen molar-refractivity contribution in [3.8, 4) is 5.75 Å². The molecule has 1 aliphatic rings. The Kier molecular flexibility index (Phi) is 6.64. The molecule has 152 valence electrons. The lowest BCUT2D eigenvalue weighted by Gasteiger charge is -2.36. The van der Waals surface area contributed by atoms with Crippen LogP contribution in [-0.2, 0) is 17.8 Å². The topological polar surface area (TPSA) is 99.4 Å². The lowest BCUT2D eigenvalue weighted by Crippen LogP contribution is -2.51. The molecule has 4 N–H and O–H groups in total. The maximum atomic E-state index is 14.7. The van der Waals surface area contributed by atoms with Crippen LogP contribution in [0.15, 0.2) is 36.4 Å². The Labute approximate surface area is 162 Å². The van der Waals surface area contributed by atoms with E-state index in [0.717, 1.165) is 11.1 Å². The third kappa shape index (κ3) is 4.68. The van der Waals surface area contributed by atoms with Crippen LogP contribution in [-0.4, -0.2) is 51.6 Å². The van der Waals surface area contributed by atoms with Gasteiger partial charge in [-0.3, -0.25) is 0 Å². The molecule has 0 saturated carbocycles. The summed E-state index contributed by atoms with van der Waals surface area (Å²) < 4.78 is 26.0. The van der Waals surface area contributed by atoms with Gasteiger partial charge in [0.1, 0.15) is 17.7 Å². The van der Waals surface area contributed by atoms with E-state index < -0.39 is 30.4 Å². The number of aryl methyl sites for hydroxylation is 1. The van der Waals surface area contributed by atoms with Crippen LogP contribution in [0.1, 0.15) is 28.7 Å². The van der Waals surface area contributed by atoms with E-state index in [9.17, 15) is 24.8 Å². The summed E-state index contributed by atoms with van der Waals surface area (Å²) in [5.41, 5.74) is 2.51. The van der Waals surface area contributed by atoms with E-state index in [2.05, 4.69) is 0 Å². The Bertz CT molecular complexity index is 794. The molecular weight excluding hydrogens is 367 g/mol. The lowest BCUT2D eigenvalue weighted by atomic mass is 10.00. The second kappa shape index (κ2) is 8.98. The molecule has 0 unspecified atom stereocenters. The highest BCUT2D eigenvalue weighted by Gasteiger charge is 2.38. The average molecular weight is 392 g/mol. The molecular formula is C21H25FO6. The Morgan fingerprint density at radius 3 is 2.46 bits per heavy atom. The van der Waals surface area contributed by atoms with Gasteiger partial charge in [-0.1, -0.05) is 29.8 Å². The largest absolute Gasteiger partial charge is 0.462 e. The lowest BCUT2D eigenvalue weighted by molar-refractivity contribution is -0.240. The summed E-state index contributed by atoms with van der Waals surface area (Å²) in [7, 11) is 0. The van der Waals surface area contributed by atoms with Crippen molar-refractivity contribution in [3.63, 3.8) is 0 Å². The predicted molar refractivity (Wildman–Crippen MR) is 99.3 cm³/mol. The molecule has 1 saturated heterocycles. The summed E-state index contributed by atoms with van der Waals surface area (Å²) >= 11 is 0. The van der Waals surface area contributed by atoms with Gasteiger partial charge in [0.05, 0.1) is 25.4 Å². The highest BCUT2D eigenvalue weighted by Crippen LogP contribution is 2.31. The first-order valence-electron chi connectivity index (χ1n) is 9.18. The third-order valence-corrected chi connectivity index (χ3v) is 4.85. The molecule has 2 aromatic rings. The van der Waals surface area contributed by atoms with Gasteiger partial charge in [-0.25, -0.2) is 4.39 Å². The van der Waals surface area contributed by atoms with Gasteiger partial charge in [0.25, 0.3) is 0 Å². The zero-order chi connectivity index (χ0) is 20.3. The number of aliphatic hydroxyl groups is 4. The first-order chi connectivity index (χ1) is 13.4. The quantitative estimate of drug-likeness (QED) is 0.594. The molecule has 2 aromatic carbocycles. The number of hydrogen-bond donors (Lipinski definition) is 4. The van der Waals surface area contributed by atoms with Crippen LogP contribution >= 0.6 is 0 Å². The van der Waals surface area contributed by atoms with Crippen molar-refractivity contribution in [2.24, 2.45) is 0 Å². The maximum absolute atomic E-state index is 14.7. The van der Waals surface area contributed by atoms with E-state index in [1.54, 1.807) is 0 Å². The first kappa shape index (κ1) is 20.7. The molecule has 4 atom stereocenters. The monoisotopic (exact) mass is 392 g/mol. The summed E-state index contributed by atoms with van der Waals surface area (Å²) in [4.78, 5) is 0. The zero-order valence-electron chi connectivity index (χ0n) is 15.6. The van der Waals surface area contributed by atoms with E-state index in [4.69, 9.17) is 9.47 Å². The molecule has 0 spiro atoms. The van der Waals surface area contributed by atoms with Gasteiger partial charge in [0.2, 0.25) is 6.29 Å². The number of halogens is 1. The second-order valence-corrected chi connectivity index (χ2v) is 7.10. The van der Waals surface area contributed by atoms with Crippen molar-refractivity contribution in [3.05, 3.63) is 64.5 Å². The first-order valence-corrected chi connectivity index (χ1v) is 9.18. The van der Waals surface area contributed by atoms with Crippen molar-refractivity contribution in [1.29, 1.82) is 0 Å². The number of benzene rings is 2. The van der Waals surface area contributed by atoms with Gasteiger partial charge in [0.15, 0.2) is 0 Å². The SMILES string of the molecule is Cc1ccc(Cc2c(F)cc(CO)cc2O[C@@H]2O[C@H](CO)C[C@H](O)[C@H]2O)cc1. The van der Waals surface area contributed by atoms with Crippen LogP contribution < -0.4 is 4.74 Å². The van der Waals surface area contributed by atoms with Crippen molar-refractivity contribution in [2.45, 2.75) is 51.0 Å². The summed E-state index contributed by atoms with van der Waals surface area (Å²) in [5, 5.41) is 38.9. The molecule has 0 amide bonds. The van der Waals surface area contributed by atoms with E-state index in [1.807, 2.05) is 31.2 Å². The second-order valence-electron chi connectivity index (χ2n) is 7.10. The predicted octanol–water partition coefficient (Wildman–Crippen LogP) is 1.43. The van der Waals surface area contributed by atoms with Crippen LogP contribution in [0.25, 0.3) is 0 Å². The molecule has 0 aliphatic carbocycles. The van der Waals surface area contributed by atoms with Crippen LogP contribution in [0.5, 0.6) is 5.75 Å². The Balaban J connectivity index is 1.91. The Hall–Kier alpha value is -2.03. The molecule has 6 nitrogen and oxygen atoms in total. The highest BCUT2D eigenvalue weighted by atomic mass is 19.1. The van der Waals surface area contributed by atoms with Crippen LogP contribution in [0.2, 0.25) is 0 Å². The molecule has 0 aromatic heterocycles. The number of rotatable bonds is 6. The van der Waals surface area contributed by atoms with Crippen LogP contribution in [0.4, 0.5) is 4.39 Å². The fourth-order valence-corrected chi connectivity index (χ4v) is 3.20. The minimum atomic E-state index is -1.35. The minimum absolute atomic E-state index is 0.0682. The van der Waals surface area contributed by atoms with E-state index in [0.29, 0.717) is 5.56 Å². The van der Waals surface area contributed by atoms with Gasteiger partial charge < -0.3 is 29.9 Å². The Morgan fingerprint density at radius 1 is 1.11 bits per heavy atom. The van der Waals surface area contributed by atoms with E-state index in [1.165, 1.54) is 12.1 Å². The van der Waals surface area contributed by atoms with Crippen LogP contribution in [0, 0.1) is 12.7 Å². The van der Waals surface area contributed by atoms with Crippen molar-refractivity contribution < 1.29 is 34.3 Å². The van der Waals surface area contributed by atoms with Crippen molar-refractivity contribution >= 4 is 0 Å². The number of aliphatic hydroxyl groups excluding tert-OH is 4. The average Bonchev–Trinajstić information content (AvgIpc) is 2.68. The fraction of sp³-hybridized carbons (Fsp3) is 0.429. The van der Waals surface area contributed by atoms with Gasteiger partial charge in [0, 0.05) is 18.4 Å². The Morgan fingerprint density at radius 2 is 1.82 bits per heavy atom. The number of hydrogen-bond acceptors (Lipinski definition) is 6. The minimum Gasteiger partial charge on any atom is -0.462 e.